The van der Waals surface area contributed by atoms with Crippen LogP contribution in [0.25, 0.3) is 26.1 Å². The summed E-state index contributed by atoms with van der Waals surface area (Å²) in [5.41, 5.74) is 4.38. The first-order valence-corrected chi connectivity index (χ1v) is 15.0. The number of aryl methyl sites for hydroxylation is 4. The maximum atomic E-state index is 14.0. The van der Waals surface area contributed by atoms with Crippen LogP contribution in [0.4, 0.5) is 10.8 Å². The zero-order valence-electron chi connectivity index (χ0n) is 21.1. The highest BCUT2D eigenvalue weighted by Crippen LogP contribution is 2.35. The fraction of sp³-hybridized carbons (Fsp3) is 0.259. The van der Waals surface area contributed by atoms with Gasteiger partial charge in [-0.15, -0.1) is 11.3 Å². The maximum absolute atomic E-state index is 14.0. The summed E-state index contributed by atoms with van der Waals surface area (Å²) in [5, 5.41) is 15.4. The molecule has 2 aromatic carbocycles. The molecule has 0 fully saturated rings. The van der Waals surface area contributed by atoms with E-state index in [9.17, 15) is 19.7 Å². The van der Waals surface area contributed by atoms with E-state index in [1.54, 1.807) is 22.0 Å². The smallest absolute Gasteiger partial charge is 0.270 e. The largest absolute Gasteiger partial charge is 0.301 e. The second-order valence-corrected chi connectivity index (χ2v) is 12.6. The van der Waals surface area contributed by atoms with E-state index in [0.717, 1.165) is 52.9 Å². The number of benzene rings is 2. The van der Waals surface area contributed by atoms with Crippen molar-refractivity contribution in [3.05, 3.63) is 78.4 Å². The SMILES string of the molecule is Cc1cc(C)cc(-n2c(SCC(=O)Nc3nc4ccc([N+](=O)[O-])cc4s3)nc3sc4c(c3c2=O)CCCC4)c1. The summed E-state index contributed by atoms with van der Waals surface area (Å²) in [6.07, 6.45) is 4.04. The Morgan fingerprint density at radius 2 is 1.87 bits per heavy atom. The predicted molar refractivity (Wildman–Crippen MR) is 157 cm³/mol. The number of carbonyl (C=O) groups excluding carboxylic acids is 1. The van der Waals surface area contributed by atoms with Crippen LogP contribution >= 0.6 is 34.4 Å². The van der Waals surface area contributed by atoms with Crippen LogP contribution in [0.5, 0.6) is 0 Å². The van der Waals surface area contributed by atoms with Crippen LogP contribution in [0.2, 0.25) is 0 Å². The third kappa shape index (κ3) is 4.95. The Balaban J connectivity index is 1.33. The van der Waals surface area contributed by atoms with E-state index in [4.69, 9.17) is 4.98 Å². The number of hydrogen-bond donors (Lipinski definition) is 1. The number of fused-ring (bicyclic) bond motifs is 4. The van der Waals surface area contributed by atoms with Gasteiger partial charge in [0.15, 0.2) is 10.3 Å². The first-order valence-electron chi connectivity index (χ1n) is 12.4. The Morgan fingerprint density at radius 1 is 1.10 bits per heavy atom. The average molecular weight is 578 g/mol. The Hall–Kier alpha value is -3.61. The molecule has 1 N–H and O–H groups in total. The highest BCUT2D eigenvalue weighted by atomic mass is 32.2. The third-order valence-electron chi connectivity index (χ3n) is 6.58. The van der Waals surface area contributed by atoms with Crippen molar-refractivity contribution >= 4 is 71.6 Å². The van der Waals surface area contributed by atoms with Crippen LogP contribution in [0.15, 0.2) is 46.3 Å². The van der Waals surface area contributed by atoms with Gasteiger partial charge in [-0.1, -0.05) is 29.2 Å². The number of anilines is 1. The Morgan fingerprint density at radius 3 is 2.64 bits per heavy atom. The lowest BCUT2D eigenvalue weighted by molar-refractivity contribution is -0.384. The monoisotopic (exact) mass is 577 g/mol. The lowest BCUT2D eigenvalue weighted by Gasteiger charge is -2.14. The number of thiophene rings is 1. The molecule has 3 heterocycles. The molecule has 0 saturated heterocycles. The van der Waals surface area contributed by atoms with Gasteiger partial charge in [-0.05, 0) is 74.4 Å². The number of aromatic nitrogens is 3. The van der Waals surface area contributed by atoms with Gasteiger partial charge in [0.1, 0.15) is 4.83 Å². The highest BCUT2D eigenvalue weighted by Gasteiger charge is 2.23. The Bertz CT molecular complexity index is 1840. The van der Waals surface area contributed by atoms with E-state index in [2.05, 4.69) is 16.4 Å². The Kier molecular flexibility index (Phi) is 6.69. The summed E-state index contributed by atoms with van der Waals surface area (Å²) in [6, 6.07) is 10.4. The molecule has 9 nitrogen and oxygen atoms in total. The van der Waals surface area contributed by atoms with Gasteiger partial charge in [0.05, 0.1) is 32.0 Å². The summed E-state index contributed by atoms with van der Waals surface area (Å²) in [7, 11) is 0. The summed E-state index contributed by atoms with van der Waals surface area (Å²) >= 11 is 3.96. The van der Waals surface area contributed by atoms with Crippen LogP contribution in [0, 0.1) is 24.0 Å². The minimum atomic E-state index is -0.461. The number of thiazole rings is 1. The van der Waals surface area contributed by atoms with Crippen LogP contribution in [0.3, 0.4) is 0 Å². The number of nitrogens with one attached hydrogen (secondary N) is 1. The van der Waals surface area contributed by atoms with Gasteiger partial charge in [-0.3, -0.25) is 24.3 Å². The standard InChI is InChI=1S/C27H23N5O4S3/c1-14-9-15(2)11-17(10-14)31-25(34)23-18-5-3-4-6-20(18)38-24(23)30-27(31)37-13-22(33)29-26-28-19-8-7-16(32(35)36)12-21(19)39-26/h7-12H,3-6,13H2,1-2H3,(H,28,29,33). The van der Waals surface area contributed by atoms with Crippen LogP contribution < -0.4 is 10.9 Å². The number of amides is 1. The van der Waals surface area contributed by atoms with Crippen molar-refractivity contribution in [2.75, 3.05) is 11.1 Å². The van der Waals surface area contributed by atoms with Crippen LogP contribution in [-0.2, 0) is 17.6 Å². The molecule has 6 rings (SSSR count). The maximum Gasteiger partial charge on any atom is 0.270 e. The lowest BCUT2D eigenvalue weighted by atomic mass is 9.97. The van der Waals surface area contributed by atoms with Gasteiger partial charge < -0.3 is 5.32 Å². The number of non-ortho nitro benzene ring substituents is 1. The van der Waals surface area contributed by atoms with Gasteiger partial charge in [-0.25, -0.2) is 9.97 Å². The van der Waals surface area contributed by atoms with Crippen LogP contribution in [0.1, 0.15) is 34.4 Å². The van der Waals surface area contributed by atoms with E-state index >= 15 is 0 Å². The van der Waals surface area contributed by atoms with Crippen molar-refractivity contribution in [2.24, 2.45) is 0 Å². The molecular formula is C27H23N5O4S3. The van der Waals surface area contributed by atoms with E-state index in [1.807, 2.05) is 26.0 Å². The number of nitro benzene ring substituents is 1. The molecule has 3 aromatic heterocycles. The molecule has 0 spiro atoms. The quantitative estimate of drug-likeness (QED) is 0.111. The minimum Gasteiger partial charge on any atom is -0.301 e. The van der Waals surface area contributed by atoms with Crippen molar-refractivity contribution in [2.45, 2.75) is 44.7 Å². The summed E-state index contributed by atoms with van der Waals surface area (Å²) in [6.45, 7) is 3.99. The lowest BCUT2D eigenvalue weighted by Crippen LogP contribution is -2.23. The highest BCUT2D eigenvalue weighted by molar-refractivity contribution is 7.99. The second kappa shape index (κ2) is 10.2. The molecule has 0 aliphatic heterocycles. The molecule has 0 bridgehead atoms. The number of carbonyl (C=O) groups is 1. The van der Waals surface area contributed by atoms with Gasteiger partial charge in [0.2, 0.25) is 5.91 Å². The number of rotatable bonds is 6. The van der Waals surface area contributed by atoms with Crippen molar-refractivity contribution < 1.29 is 9.72 Å². The van der Waals surface area contributed by atoms with Gasteiger partial charge >= 0.3 is 0 Å². The summed E-state index contributed by atoms with van der Waals surface area (Å²) < 4.78 is 2.25. The summed E-state index contributed by atoms with van der Waals surface area (Å²) in [5.74, 6) is -0.287. The van der Waals surface area contributed by atoms with E-state index in [0.29, 0.717) is 25.9 Å². The van der Waals surface area contributed by atoms with E-state index < -0.39 is 4.92 Å². The second-order valence-electron chi connectivity index (χ2n) is 9.54. The van der Waals surface area contributed by atoms with Gasteiger partial charge in [0, 0.05) is 17.0 Å². The van der Waals surface area contributed by atoms with Crippen molar-refractivity contribution in [3.8, 4) is 5.69 Å². The third-order valence-corrected chi connectivity index (χ3v) is 9.64. The minimum absolute atomic E-state index is 0.0178. The molecule has 1 aliphatic rings. The van der Waals surface area contributed by atoms with Crippen molar-refractivity contribution in [3.63, 3.8) is 0 Å². The van der Waals surface area contributed by atoms with E-state index in [-0.39, 0.29) is 22.9 Å². The van der Waals surface area contributed by atoms with E-state index in [1.165, 1.54) is 40.1 Å². The van der Waals surface area contributed by atoms with Crippen LogP contribution in [-0.4, -0.2) is 31.1 Å². The molecule has 1 aliphatic carbocycles. The fourth-order valence-electron chi connectivity index (χ4n) is 4.96. The number of hydrogen-bond acceptors (Lipinski definition) is 9. The summed E-state index contributed by atoms with van der Waals surface area (Å²) in [4.78, 5) is 48.7. The molecule has 39 heavy (non-hydrogen) atoms. The number of nitrogens with zero attached hydrogens (tertiary/aromatic N) is 4. The molecule has 0 saturated carbocycles. The molecule has 0 radical (unpaired) electrons. The molecular weight excluding hydrogens is 555 g/mol. The number of nitro groups is 1. The molecule has 5 aromatic rings. The van der Waals surface area contributed by atoms with Crippen molar-refractivity contribution in [1.82, 2.24) is 14.5 Å². The average Bonchev–Trinajstić information content (AvgIpc) is 3.46. The predicted octanol–water partition coefficient (Wildman–Crippen LogP) is 6.19. The molecule has 198 valence electrons. The molecule has 1 amide bonds. The molecule has 0 atom stereocenters. The van der Waals surface area contributed by atoms with Gasteiger partial charge in [0.25, 0.3) is 11.2 Å². The molecule has 0 unspecified atom stereocenters. The zero-order chi connectivity index (χ0) is 27.3. The van der Waals surface area contributed by atoms with Gasteiger partial charge in [-0.2, -0.15) is 0 Å². The number of thioether (sulfide) groups is 1. The first-order chi connectivity index (χ1) is 18.8. The van der Waals surface area contributed by atoms with Crippen molar-refractivity contribution in [1.29, 1.82) is 0 Å². The molecule has 12 heteroatoms. The topological polar surface area (TPSA) is 120 Å². The first kappa shape index (κ1) is 25.7. The zero-order valence-corrected chi connectivity index (χ0v) is 23.6. The fourth-order valence-corrected chi connectivity index (χ4v) is 7.99. The Labute approximate surface area is 235 Å². The normalized spacial score (nSPS) is 13.1.